The van der Waals surface area contributed by atoms with Crippen molar-refractivity contribution in [1.82, 2.24) is 4.90 Å². The van der Waals surface area contributed by atoms with Crippen molar-refractivity contribution in [2.24, 2.45) is 10.2 Å². The Kier molecular flexibility index (Phi) is 4.11. The molecule has 130 valence electrons. The second kappa shape index (κ2) is 6.89. The first kappa shape index (κ1) is 16.1. The first-order valence-corrected chi connectivity index (χ1v) is 9.77. The van der Waals surface area contributed by atoms with Crippen LogP contribution in [0.5, 0.6) is 0 Å². The molecule has 0 fully saturated rings. The topological polar surface area (TPSA) is 28.0 Å². The van der Waals surface area contributed by atoms with Crippen molar-refractivity contribution in [2.45, 2.75) is 6.04 Å². The van der Waals surface area contributed by atoms with Crippen molar-refractivity contribution in [1.29, 1.82) is 0 Å². The number of thioether (sulfide) groups is 1. The van der Waals surface area contributed by atoms with Gasteiger partial charge >= 0.3 is 0 Å². The van der Waals surface area contributed by atoms with Gasteiger partial charge in [0.15, 0.2) is 5.17 Å². The van der Waals surface area contributed by atoms with Gasteiger partial charge in [-0.1, -0.05) is 103 Å². The first-order valence-electron chi connectivity index (χ1n) is 8.89. The van der Waals surface area contributed by atoms with E-state index < -0.39 is 0 Å². The van der Waals surface area contributed by atoms with Crippen molar-refractivity contribution in [3.05, 3.63) is 113 Å². The standard InChI is InChI=1S/C23H17N3S/c1-4-10-17(11-5-1)20-16-27-23-25-24-21(18-12-6-2-7-13-18)22(26(20)23)19-14-8-3-9-15-19/h1-16,22H. The van der Waals surface area contributed by atoms with Gasteiger partial charge in [-0.05, 0) is 11.1 Å². The number of hydrogen-bond donors (Lipinski definition) is 0. The molecule has 2 aliphatic rings. The van der Waals surface area contributed by atoms with Crippen LogP contribution in [0.3, 0.4) is 0 Å². The minimum absolute atomic E-state index is 0.0115. The maximum Gasteiger partial charge on any atom is 0.195 e. The lowest BCUT2D eigenvalue weighted by molar-refractivity contribution is 0.532. The van der Waals surface area contributed by atoms with E-state index in [-0.39, 0.29) is 6.04 Å². The number of nitrogens with zero attached hydrogens (tertiary/aromatic N) is 3. The zero-order valence-corrected chi connectivity index (χ0v) is 15.4. The largest absolute Gasteiger partial charge is 0.305 e. The van der Waals surface area contributed by atoms with E-state index in [4.69, 9.17) is 0 Å². The van der Waals surface area contributed by atoms with Gasteiger partial charge in [0.1, 0.15) is 6.04 Å². The summed E-state index contributed by atoms with van der Waals surface area (Å²) >= 11 is 1.63. The molecule has 0 bridgehead atoms. The maximum absolute atomic E-state index is 4.64. The molecule has 0 aromatic heterocycles. The summed E-state index contributed by atoms with van der Waals surface area (Å²) in [5.74, 6) is 0. The van der Waals surface area contributed by atoms with Gasteiger partial charge in [-0.25, -0.2) is 0 Å². The lowest BCUT2D eigenvalue weighted by atomic mass is 9.94. The molecule has 2 aliphatic heterocycles. The van der Waals surface area contributed by atoms with E-state index in [0.717, 1.165) is 22.1 Å². The molecule has 3 nitrogen and oxygen atoms in total. The second-order valence-corrected chi connectivity index (χ2v) is 7.24. The van der Waals surface area contributed by atoms with E-state index in [0.29, 0.717) is 0 Å². The van der Waals surface area contributed by atoms with E-state index in [9.17, 15) is 0 Å². The van der Waals surface area contributed by atoms with E-state index in [1.165, 1.54) is 11.1 Å². The van der Waals surface area contributed by atoms with Crippen LogP contribution in [0, 0.1) is 0 Å². The van der Waals surface area contributed by atoms with Gasteiger partial charge < -0.3 is 4.90 Å². The highest BCUT2D eigenvalue weighted by molar-refractivity contribution is 8.16. The van der Waals surface area contributed by atoms with E-state index in [2.05, 4.69) is 81.2 Å². The maximum atomic E-state index is 4.64. The number of hydrogen-bond acceptors (Lipinski definition) is 4. The highest BCUT2D eigenvalue weighted by atomic mass is 32.2. The Morgan fingerprint density at radius 3 is 1.93 bits per heavy atom. The average molecular weight is 367 g/mol. The fraction of sp³-hybridized carbons (Fsp3) is 0.0435. The number of amidine groups is 1. The SMILES string of the molecule is C1=C(c2ccccc2)N2C(=NN=C(c3ccccc3)C2c2ccccc2)S1. The fourth-order valence-corrected chi connectivity index (χ4v) is 4.37. The molecule has 2 heterocycles. The highest BCUT2D eigenvalue weighted by Crippen LogP contribution is 2.43. The van der Waals surface area contributed by atoms with Crippen LogP contribution in [0.4, 0.5) is 0 Å². The Hall–Kier alpha value is -3.11. The molecule has 27 heavy (non-hydrogen) atoms. The Labute approximate surface area is 162 Å². The molecule has 0 radical (unpaired) electrons. The minimum atomic E-state index is -0.0115. The van der Waals surface area contributed by atoms with Crippen LogP contribution < -0.4 is 0 Å². The number of benzene rings is 3. The van der Waals surface area contributed by atoms with Crippen molar-refractivity contribution in [3.8, 4) is 0 Å². The summed E-state index contributed by atoms with van der Waals surface area (Å²) < 4.78 is 0. The van der Waals surface area contributed by atoms with Crippen molar-refractivity contribution >= 4 is 28.3 Å². The van der Waals surface area contributed by atoms with Gasteiger partial charge in [0.05, 0.1) is 11.4 Å². The molecule has 1 unspecified atom stereocenters. The zero-order chi connectivity index (χ0) is 18.1. The molecule has 0 amide bonds. The quantitative estimate of drug-likeness (QED) is 0.607. The second-order valence-electron chi connectivity index (χ2n) is 6.40. The van der Waals surface area contributed by atoms with Gasteiger partial charge in [0, 0.05) is 11.0 Å². The lowest BCUT2D eigenvalue weighted by Gasteiger charge is -2.34. The molecule has 0 spiro atoms. The molecule has 0 aliphatic carbocycles. The molecule has 4 heteroatoms. The van der Waals surface area contributed by atoms with Gasteiger partial charge in [-0.2, -0.15) is 0 Å². The first-order chi connectivity index (χ1) is 13.4. The molecule has 3 aromatic carbocycles. The molecular weight excluding hydrogens is 350 g/mol. The van der Waals surface area contributed by atoms with Crippen molar-refractivity contribution in [2.75, 3.05) is 0 Å². The van der Waals surface area contributed by atoms with Crippen LogP contribution in [0.25, 0.3) is 5.70 Å². The summed E-state index contributed by atoms with van der Waals surface area (Å²) in [5, 5.41) is 12.3. The number of rotatable bonds is 3. The average Bonchev–Trinajstić information content (AvgIpc) is 3.19. The third-order valence-corrected chi connectivity index (χ3v) is 5.59. The molecule has 3 aromatic rings. The monoisotopic (exact) mass is 367 g/mol. The smallest absolute Gasteiger partial charge is 0.195 e. The Morgan fingerprint density at radius 1 is 0.667 bits per heavy atom. The molecule has 0 saturated carbocycles. The summed E-state index contributed by atoms with van der Waals surface area (Å²) in [5.41, 5.74) is 5.62. The molecule has 5 rings (SSSR count). The fourth-order valence-electron chi connectivity index (χ4n) is 3.50. The van der Waals surface area contributed by atoms with Crippen LogP contribution in [0.1, 0.15) is 22.7 Å². The predicted molar refractivity (Wildman–Crippen MR) is 113 cm³/mol. The van der Waals surface area contributed by atoms with Crippen molar-refractivity contribution in [3.63, 3.8) is 0 Å². The highest BCUT2D eigenvalue weighted by Gasteiger charge is 2.38. The normalized spacial score (nSPS) is 18.4. The van der Waals surface area contributed by atoms with Crippen LogP contribution in [-0.4, -0.2) is 15.8 Å². The third-order valence-electron chi connectivity index (χ3n) is 4.76. The minimum Gasteiger partial charge on any atom is -0.305 e. The van der Waals surface area contributed by atoms with Crippen LogP contribution in [0.15, 0.2) is 107 Å². The van der Waals surface area contributed by atoms with E-state index >= 15 is 0 Å². The molecule has 0 saturated heterocycles. The molecule has 1 atom stereocenters. The summed E-state index contributed by atoms with van der Waals surface area (Å²) in [6.45, 7) is 0. The van der Waals surface area contributed by atoms with Gasteiger partial charge in [0.2, 0.25) is 0 Å². The van der Waals surface area contributed by atoms with Gasteiger partial charge in [-0.15, -0.1) is 10.2 Å². The molecule has 0 N–H and O–H groups in total. The van der Waals surface area contributed by atoms with Gasteiger partial charge in [0.25, 0.3) is 0 Å². The zero-order valence-electron chi connectivity index (χ0n) is 14.6. The van der Waals surface area contributed by atoms with Gasteiger partial charge in [-0.3, -0.25) is 0 Å². The van der Waals surface area contributed by atoms with Crippen LogP contribution in [-0.2, 0) is 0 Å². The Morgan fingerprint density at radius 2 is 1.26 bits per heavy atom. The lowest BCUT2D eigenvalue weighted by Crippen LogP contribution is -2.37. The summed E-state index contributed by atoms with van der Waals surface area (Å²) in [7, 11) is 0. The van der Waals surface area contributed by atoms with Crippen molar-refractivity contribution < 1.29 is 0 Å². The summed E-state index contributed by atoms with van der Waals surface area (Å²) in [6.07, 6.45) is 0. The van der Waals surface area contributed by atoms with E-state index in [1.807, 2.05) is 30.3 Å². The van der Waals surface area contributed by atoms with E-state index in [1.54, 1.807) is 11.8 Å². The predicted octanol–water partition coefficient (Wildman–Crippen LogP) is 5.55. The van der Waals surface area contributed by atoms with Crippen LogP contribution >= 0.6 is 11.8 Å². The Bertz CT molecular complexity index is 1040. The Balaban J connectivity index is 1.66. The number of fused-ring (bicyclic) bond motifs is 1. The van der Waals surface area contributed by atoms with Crippen LogP contribution in [0.2, 0.25) is 0 Å². The third kappa shape index (κ3) is 2.88. The molecular formula is C23H17N3S. The summed E-state index contributed by atoms with van der Waals surface area (Å²) in [4.78, 5) is 2.31. The summed E-state index contributed by atoms with van der Waals surface area (Å²) in [6, 6.07) is 31.3.